The van der Waals surface area contributed by atoms with Crippen LogP contribution in [0, 0.1) is 0 Å². The molecule has 7 heteroatoms. The number of benzene rings is 2. The summed E-state index contributed by atoms with van der Waals surface area (Å²) in [5, 5.41) is 3.37. The summed E-state index contributed by atoms with van der Waals surface area (Å²) in [5.41, 5.74) is 0.737. The highest BCUT2D eigenvalue weighted by Crippen LogP contribution is 2.34. The second kappa shape index (κ2) is 7.35. The SMILES string of the molecule is O=C(Nc1ccccn1)c1ccc2cccc(-c3cccc(C(F)(F)F)c3)c2n1. The van der Waals surface area contributed by atoms with Crippen molar-refractivity contribution in [3.05, 3.63) is 90.3 Å². The molecule has 0 bridgehead atoms. The molecule has 0 fully saturated rings. The van der Waals surface area contributed by atoms with Gasteiger partial charge in [0.1, 0.15) is 11.5 Å². The van der Waals surface area contributed by atoms with E-state index in [1.54, 1.807) is 60.8 Å². The lowest BCUT2D eigenvalue weighted by Crippen LogP contribution is -2.14. The van der Waals surface area contributed by atoms with E-state index in [1.165, 1.54) is 6.07 Å². The molecule has 0 aliphatic heterocycles. The van der Waals surface area contributed by atoms with E-state index in [-0.39, 0.29) is 5.69 Å². The first-order chi connectivity index (χ1) is 13.9. The van der Waals surface area contributed by atoms with Gasteiger partial charge in [0.15, 0.2) is 0 Å². The number of carbonyl (C=O) groups is 1. The number of anilines is 1. The van der Waals surface area contributed by atoms with Crippen molar-refractivity contribution in [1.29, 1.82) is 0 Å². The minimum absolute atomic E-state index is 0.141. The molecular formula is C22H14F3N3O. The standard InChI is InChI=1S/C22H14F3N3O/c23-22(24,25)16-7-3-6-15(13-16)17-8-4-5-14-10-11-18(27-20(14)17)21(29)28-19-9-1-2-12-26-19/h1-13H,(H,26,28,29). The second-order valence-corrected chi connectivity index (χ2v) is 6.32. The number of pyridine rings is 2. The molecule has 0 unspecified atom stereocenters. The van der Waals surface area contributed by atoms with E-state index in [4.69, 9.17) is 0 Å². The molecule has 4 rings (SSSR count). The minimum atomic E-state index is -4.44. The zero-order chi connectivity index (χ0) is 20.4. The van der Waals surface area contributed by atoms with Gasteiger partial charge in [0.2, 0.25) is 0 Å². The molecular weight excluding hydrogens is 379 g/mol. The van der Waals surface area contributed by atoms with Gasteiger partial charge in [-0.15, -0.1) is 0 Å². The van der Waals surface area contributed by atoms with Crippen molar-refractivity contribution in [1.82, 2.24) is 9.97 Å². The molecule has 0 aliphatic rings. The van der Waals surface area contributed by atoms with Gasteiger partial charge in [0.25, 0.3) is 5.91 Å². The lowest BCUT2D eigenvalue weighted by atomic mass is 9.99. The summed E-state index contributed by atoms with van der Waals surface area (Å²) >= 11 is 0. The number of hydrogen-bond acceptors (Lipinski definition) is 3. The Hall–Kier alpha value is -3.74. The third kappa shape index (κ3) is 3.94. The number of carbonyl (C=O) groups excluding carboxylic acids is 1. The summed E-state index contributed by atoms with van der Waals surface area (Å²) in [6.45, 7) is 0. The minimum Gasteiger partial charge on any atom is -0.305 e. The molecule has 2 aromatic carbocycles. The van der Waals surface area contributed by atoms with Crippen molar-refractivity contribution in [2.24, 2.45) is 0 Å². The Morgan fingerprint density at radius 2 is 1.72 bits per heavy atom. The molecule has 1 amide bonds. The van der Waals surface area contributed by atoms with Crippen LogP contribution in [0.15, 0.2) is 79.0 Å². The number of nitrogens with one attached hydrogen (secondary N) is 1. The quantitative estimate of drug-likeness (QED) is 0.495. The van der Waals surface area contributed by atoms with E-state index >= 15 is 0 Å². The molecule has 0 spiro atoms. The number of fused-ring (bicyclic) bond motifs is 1. The predicted octanol–water partition coefficient (Wildman–Crippen LogP) is 5.57. The Morgan fingerprint density at radius 3 is 2.48 bits per heavy atom. The fourth-order valence-corrected chi connectivity index (χ4v) is 2.99. The van der Waals surface area contributed by atoms with Crippen molar-refractivity contribution in [3.63, 3.8) is 0 Å². The summed E-state index contributed by atoms with van der Waals surface area (Å²) in [5.74, 6) is -0.0741. The van der Waals surface area contributed by atoms with E-state index in [1.807, 2.05) is 0 Å². The van der Waals surface area contributed by atoms with E-state index in [9.17, 15) is 18.0 Å². The first-order valence-corrected chi connectivity index (χ1v) is 8.71. The zero-order valence-electron chi connectivity index (χ0n) is 14.9. The van der Waals surface area contributed by atoms with Crippen LogP contribution in [0.2, 0.25) is 0 Å². The van der Waals surface area contributed by atoms with E-state index in [0.29, 0.717) is 27.8 Å². The summed E-state index contributed by atoms with van der Waals surface area (Å²) in [6, 6.07) is 18.7. The number of nitrogens with zero attached hydrogens (tertiary/aromatic N) is 2. The van der Waals surface area contributed by atoms with Crippen LogP contribution in [0.25, 0.3) is 22.0 Å². The van der Waals surface area contributed by atoms with Crippen LogP contribution in [0.3, 0.4) is 0 Å². The number of halogens is 3. The van der Waals surface area contributed by atoms with Crippen molar-refractivity contribution >= 4 is 22.6 Å². The highest BCUT2D eigenvalue weighted by molar-refractivity contribution is 6.04. The molecule has 0 aliphatic carbocycles. The maximum absolute atomic E-state index is 13.1. The summed E-state index contributed by atoms with van der Waals surface area (Å²) < 4.78 is 39.3. The van der Waals surface area contributed by atoms with E-state index in [2.05, 4.69) is 15.3 Å². The Balaban J connectivity index is 1.76. The first-order valence-electron chi connectivity index (χ1n) is 8.71. The summed E-state index contributed by atoms with van der Waals surface area (Å²) in [6.07, 6.45) is -2.89. The van der Waals surface area contributed by atoms with E-state index in [0.717, 1.165) is 12.1 Å². The number of rotatable bonds is 3. The molecule has 0 atom stereocenters. The Labute approximate surface area is 164 Å². The van der Waals surface area contributed by atoms with Crippen LogP contribution >= 0.6 is 0 Å². The van der Waals surface area contributed by atoms with Gasteiger partial charge in [-0.25, -0.2) is 9.97 Å². The van der Waals surface area contributed by atoms with Crippen molar-refractivity contribution in [2.75, 3.05) is 5.32 Å². The normalized spacial score (nSPS) is 11.4. The maximum Gasteiger partial charge on any atom is 0.416 e. The van der Waals surface area contributed by atoms with Crippen molar-refractivity contribution in [2.45, 2.75) is 6.18 Å². The van der Waals surface area contributed by atoms with Gasteiger partial charge in [0, 0.05) is 17.1 Å². The molecule has 4 nitrogen and oxygen atoms in total. The third-order valence-corrected chi connectivity index (χ3v) is 4.36. The number of amides is 1. The Bertz CT molecular complexity index is 1190. The molecule has 0 saturated carbocycles. The van der Waals surface area contributed by atoms with Crippen LogP contribution in [0.5, 0.6) is 0 Å². The van der Waals surface area contributed by atoms with Gasteiger partial charge in [-0.3, -0.25) is 4.79 Å². The Morgan fingerprint density at radius 1 is 0.897 bits per heavy atom. The Kier molecular flexibility index (Phi) is 4.72. The molecule has 0 radical (unpaired) electrons. The van der Waals surface area contributed by atoms with Crippen LogP contribution in [-0.2, 0) is 6.18 Å². The van der Waals surface area contributed by atoms with Gasteiger partial charge in [-0.2, -0.15) is 13.2 Å². The topological polar surface area (TPSA) is 54.9 Å². The van der Waals surface area contributed by atoms with E-state index < -0.39 is 17.6 Å². The second-order valence-electron chi connectivity index (χ2n) is 6.32. The highest BCUT2D eigenvalue weighted by atomic mass is 19.4. The van der Waals surface area contributed by atoms with Crippen LogP contribution in [0.1, 0.15) is 16.1 Å². The van der Waals surface area contributed by atoms with Crippen LogP contribution in [0.4, 0.5) is 19.0 Å². The van der Waals surface area contributed by atoms with Gasteiger partial charge in [0.05, 0.1) is 11.1 Å². The van der Waals surface area contributed by atoms with Gasteiger partial charge in [-0.05, 0) is 35.9 Å². The van der Waals surface area contributed by atoms with Gasteiger partial charge in [-0.1, -0.05) is 42.5 Å². The fraction of sp³-hybridized carbons (Fsp3) is 0.0455. The highest BCUT2D eigenvalue weighted by Gasteiger charge is 2.30. The van der Waals surface area contributed by atoms with Gasteiger partial charge >= 0.3 is 6.18 Å². The maximum atomic E-state index is 13.1. The number of alkyl halides is 3. The summed E-state index contributed by atoms with van der Waals surface area (Å²) in [4.78, 5) is 21.0. The monoisotopic (exact) mass is 393 g/mol. The van der Waals surface area contributed by atoms with Crippen molar-refractivity contribution < 1.29 is 18.0 Å². The molecule has 2 heterocycles. The number of aromatic nitrogens is 2. The fourth-order valence-electron chi connectivity index (χ4n) is 2.99. The molecule has 2 aromatic heterocycles. The number of hydrogen-bond donors (Lipinski definition) is 1. The largest absolute Gasteiger partial charge is 0.416 e. The van der Waals surface area contributed by atoms with Crippen LogP contribution in [-0.4, -0.2) is 15.9 Å². The molecule has 29 heavy (non-hydrogen) atoms. The van der Waals surface area contributed by atoms with Crippen LogP contribution < -0.4 is 5.32 Å². The molecule has 0 saturated heterocycles. The lowest BCUT2D eigenvalue weighted by Gasteiger charge is -2.11. The smallest absolute Gasteiger partial charge is 0.305 e. The van der Waals surface area contributed by atoms with Gasteiger partial charge < -0.3 is 5.32 Å². The summed E-state index contributed by atoms with van der Waals surface area (Å²) in [7, 11) is 0. The predicted molar refractivity (Wildman–Crippen MR) is 104 cm³/mol. The number of para-hydroxylation sites is 1. The average Bonchev–Trinajstić information content (AvgIpc) is 2.73. The zero-order valence-corrected chi connectivity index (χ0v) is 14.9. The lowest BCUT2D eigenvalue weighted by molar-refractivity contribution is -0.137. The molecule has 4 aromatic rings. The molecule has 1 N–H and O–H groups in total. The molecule has 144 valence electrons. The first kappa shape index (κ1) is 18.6. The third-order valence-electron chi connectivity index (χ3n) is 4.36. The average molecular weight is 393 g/mol. The van der Waals surface area contributed by atoms with Crippen molar-refractivity contribution in [3.8, 4) is 11.1 Å².